The van der Waals surface area contributed by atoms with Crippen LogP contribution in [-0.4, -0.2) is 40.5 Å². The highest BCUT2D eigenvalue weighted by molar-refractivity contribution is 7.13. The average Bonchev–Trinajstić information content (AvgIpc) is 3.42. The summed E-state index contributed by atoms with van der Waals surface area (Å²) >= 11 is 1.58. The van der Waals surface area contributed by atoms with Gasteiger partial charge in [0.2, 0.25) is 0 Å². The van der Waals surface area contributed by atoms with Gasteiger partial charge < -0.3 is 14.6 Å². The van der Waals surface area contributed by atoms with Gasteiger partial charge in [-0.15, -0.1) is 11.3 Å². The lowest BCUT2D eigenvalue weighted by atomic mass is 10.2. The summed E-state index contributed by atoms with van der Waals surface area (Å²) in [6.45, 7) is 4.29. The molecule has 0 bridgehead atoms. The summed E-state index contributed by atoms with van der Waals surface area (Å²) in [5, 5.41) is 2.93. The third kappa shape index (κ3) is 3.24. The minimum Gasteiger partial charge on any atom is -0.493 e. The van der Waals surface area contributed by atoms with Crippen molar-refractivity contribution >= 4 is 17.2 Å². The molecule has 0 saturated carbocycles. The average molecular weight is 367 g/mol. The molecule has 1 N–H and O–H groups in total. The second kappa shape index (κ2) is 7.33. The highest BCUT2D eigenvalue weighted by Gasteiger charge is 2.21. The predicted molar refractivity (Wildman–Crippen MR) is 104 cm³/mol. The van der Waals surface area contributed by atoms with Gasteiger partial charge in [-0.25, -0.2) is 4.98 Å². The van der Waals surface area contributed by atoms with E-state index in [9.17, 15) is 4.79 Å². The number of hydrogen-bond acceptors (Lipinski definition) is 4. The van der Waals surface area contributed by atoms with E-state index in [-0.39, 0.29) is 5.91 Å². The molecule has 0 atom stereocenters. The lowest BCUT2D eigenvalue weighted by molar-refractivity contribution is 0.0788. The molecule has 3 aromatic rings. The van der Waals surface area contributed by atoms with Crippen LogP contribution in [0.15, 0.2) is 41.9 Å². The first-order chi connectivity index (χ1) is 12.8. The number of aromatic amines is 1. The van der Waals surface area contributed by atoms with E-state index >= 15 is 0 Å². The van der Waals surface area contributed by atoms with Crippen molar-refractivity contribution in [2.75, 3.05) is 19.7 Å². The summed E-state index contributed by atoms with van der Waals surface area (Å²) in [6, 6.07) is 9.83. The maximum Gasteiger partial charge on any atom is 0.270 e. The van der Waals surface area contributed by atoms with E-state index in [1.54, 1.807) is 11.3 Å². The molecule has 1 aliphatic rings. The van der Waals surface area contributed by atoms with Crippen molar-refractivity contribution in [3.63, 3.8) is 0 Å². The second-order valence-corrected chi connectivity index (χ2v) is 7.13. The topological polar surface area (TPSA) is 58.2 Å². The Bertz CT molecular complexity index is 909. The van der Waals surface area contributed by atoms with Crippen molar-refractivity contribution < 1.29 is 9.53 Å². The van der Waals surface area contributed by atoms with Crippen LogP contribution in [0.1, 0.15) is 30.3 Å². The molecular weight excluding hydrogens is 346 g/mol. The van der Waals surface area contributed by atoms with Crippen LogP contribution in [0, 0.1) is 0 Å². The maximum absolute atomic E-state index is 12.5. The van der Waals surface area contributed by atoms with Crippen molar-refractivity contribution in [3.8, 4) is 27.6 Å². The number of nitrogens with one attached hydrogen (secondary N) is 1. The van der Waals surface area contributed by atoms with Crippen LogP contribution in [0.4, 0.5) is 0 Å². The van der Waals surface area contributed by atoms with Crippen LogP contribution in [-0.2, 0) is 0 Å². The normalized spacial score (nSPS) is 14.0. The fourth-order valence-corrected chi connectivity index (χ4v) is 4.07. The van der Waals surface area contributed by atoms with E-state index in [0.717, 1.165) is 53.5 Å². The first-order valence-electron chi connectivity index (χ1n) is 8.92. The fraction of sp³-hybridized carbons (Fsp3) is 0.300. The Morgan fingerprint density at radius 1 is 1.31 bits per heavy atom. The van der Waals surface area contributed by atoms with Crippen molar-refractivity contribution in [2.45, 2.75) is 19.8 Å². The van der Waals surface area contributed by atoms with E-state index in [2.05, 4.69) is 4.98 Å². The Morgan fingerprint density at radius 2 is 2.12 bits per heavy atom. The summed E-state index contributed by atoms with van der Waals surface area (Å²) < 4.78 is 5.71. The number of thiazole rings is 1. The Morgan fingerprint density at radius 3 is 2.92 bits per heavy atom. The summed E-state index contributed by atoms with van der Waals surface area (Å²) in [5.74, 6) is 0.917. The molecule has 6 heteroatoms. The summed E-state index contributed by atoms with van der Waals surface area (Å²) in [5.41, 5.74) is 3.43. The maximum atomic E-state index is 12.5. The predicted octanol–water partition coefficient (Wildman–Crippen LogP) is 4.44. The molecule has 0 radical (unpaired) electrons. The SMILES string of the molecule is CCOc1ccccc1-c1nc(-c2c[nH]c(C(=O)N3CCCC3)c2)cs1. The molecule has 2 aromatic heterocycles. The number of H-pyrrole nitrogens is 1. The molecule has 1 aliphatic heterocycles. The zero-order chi connectivity index (χ0) is 17.9. The monoisotopic (exact) mass is 367 g/mol. The van der Waals surface area contributed by atoms with Crippen LogP contribution >= 0.6 is 11.3 Å². The van der Waals surface area contributed by atoms with Crippen LogP contribution in [0.5, 0.6) is 5.75 Å². The Labute approximate surface area is 156 Å². The lowest BCUT2D eigenvalue weighted by Gasteiger charge is -2.13. The number of carbonyl (C=O) groups excluding carboxylic acids is 1. The minimum absolute atomic E-state index is 0.0749. The molecule has 4 rings (SSSR count). The fourth-order valence-electron chi connectivity index (χ4n) is 3.21. The smallest absolute Gasteiger partial charge is 0.270 e. The molecule has 1 saturated heterocycles. The van der Waals surface area contributed by atoms with Crippen LogP contribution in [0.25, 0.3) is 21.8 Å². The minimum atomic E-state index is 0.0749. The number of para-hydroxylation sites is 1. The number of rotatable bonds is 5. The van der Waals surface area contributed by atoms with Crippen LogP contribution in [0.2, 0.25) is 0 Å². The number of carbonyl (C=O) groups is 1. The Balaban J connectivity index is 1.58. The summed E-state index contributed by atoms with van der Waals surface area (Å²) in [6.07, 6.45) is 4.04. The van der Waals surface area contributed by atoms with Gasteiger partial charge in [-0.05, 0) is 38.0 Å². The zero-order valence-corrected chi connectivity index (χ0v) is 15.5. The van der Waals surface area contributed by atoms with Gasteiger partial charge in [0.05, 0.1) is 17.9 Å². The van der Waals surface area contributed by atoms with Crippen molar-refractivity contribution in [1.29, 1.82) is 0 Å². The molecule has 5 nitrogen and oxygen atoms in total. The molecule has 1 fully saturated rings. The number of hydrogen-bond donors (Lipinski definition) is 1. The second-order valence-electron chi connectivity index (χ2n) is 6.27. The number of nitrogens with zero attached hydrogens (tertiary/aromatic N) is 2. The highest BCUT2D eigenvalue weighted by atomic mass is 32.1. The zero-order valence-electron chi connectivity index (χ0n) is 14.7. The lowest BCUT2D eigenvalue weighted by Crippen LogP contribution is -2.27. The van der Waals surface area contributed by atoms with Gasteiger partial charge in [-0.1, -0.05) is 12.1 Å². The van der Waals surface area contributed by atoms with Gasteiger partial charge in [0.15, 0.2) is 0 Å². The van der Waals surface area contributed by atoms with Crippen LogP contribution < -0.4 is 4.74 Å². The van der Waals surface area contributed by atoms with E-state index in [1.165, 1.54) is 0 Å². The molecular formula is C20H21N3O2S. The number of ether oxygens (including phenoxy) is 1. The number of amides is 1. The van der Waals surface area contributed by atoms with Crippen molar-refractivity contribution in [2.24, 2.45) is 0 Å². The summed E-state index contributed by atoms with van der Waals surface area (Å²) in [7, 11) is 0. The molecule has 0 spiro atoms. The Hall–Kier alpha value is -2.60. The van der Waals surface area contributed by atoms with Gasteiger partial charge in [0, 0.05) is 30.2 Å². The standard InChI is InChI=1S/C20H21N3O2S/c1-2-25-18-8-4-3-7-15(18)19-22-17(13-26-19)14-11-16(21-12-14)20(24)23-9-5-6-10-23/h3-4,7-8,11-13,21H,2,5-6,9-10H2,1H3. The van der Waals surface area contributed by atoms with Crippen molar-refractivity contribution in [1.82, 2.24) is 14.9 Å². The molecule has 0 aliphatic carbocycles. The number of likely N-dealkylation sites (tertiary alicyclic amines) is 1. The molecule has 0 unspecified atom stereocenters. The van der Waals surface area contributed by atoms with E-state index in [0.29, 0.717) is 12.3 Å². The summed E-state index contributed by atoms with van der Waals surface area (Å²) in [4.78, 5) is 22.3. The molecule has 26 heavy (non-hydrogen) atoms. The van der Waals surface area contributed by atoms with Crippen molar-refractivity contribution in [3.05, 3.63) is 47.6 Å². The van der Waals surface area contributed by atoms with Gasteiger partial charge in [-0.2, -0.15) is 0 Å². The largest absolute Gasteiger partial charge is 0.493 e. The Kier molecular flexibility index (Phi) is 4.75. The number of aromatic nitrogens is 2. The van der Waals surface area contributed by atoms with E-state index in [1.807, 2.05) is 53.7 Å². The quantitative estimate of drug-likeness (QED) is 0.725. The third-order valence-corrected chi connectivity index (χ3v) is 5.40. The van der Waals surface area contributed by atoms with Crippen LogP contribution in [0.3, 0.4) is 0 Å². The molecule has 1 aromatic carbocycles. The van der Waals surface area contributed by atoms with Gasteiger partial charge in [0.1, 0.15) is 16.5 Å². The molecule has 134 valence electrons. The number of benzene rings is 1. The highest BCUT2D eigenvalue weighted by Crippen LogP contribution is 2.34. The first-order valence-corrected chi connectivity index (χ1v) is 9.80. The van der Waals surface area contributed by atoms with E-state index < -0.39 is 0 Å². The molecule has 3 heterocycles. The van der Waals surface area contributed by atoms with Gasteiger partial charge >= 0.3 is 0 Å². The first kappa shape index (κ1) is 16.8. The third-order valence-electron chi connectivity index (χ3n) is 4.52. The van der Waals surface area contributed by atoms with E-state index in [4.69, 9.17) is 9.72 Å². The van der Waals surface area contributed by atoms with Gasteiger partial charge in [-0.3, -0.25) is 4.79 Å². The molecule has 1 amide bonds. The van der Waals surface area contributed by atoms with Gasteiger partial charge in [0.25, 0.3) is 5.91 Å².